The van der Waals surface area contributed by atoms with E-state index in [-0.39, 0.29) is 17.7 Å². The Kier molecular flexibility index (Phi) is 4.48. The lowest BCUT2D eigenvalue weighted by molar-refractivity contribution is -0.316. The molecule has 0 saturated carbocycles. The molecular formula is C15H29NO4. The summed E-state index contributed by atoms with van der Waals surface area (Å²) in [5.41, 5.74) is -0.315. The molecule has 2 aliphatic rings. The predicted molar refractivity (Wildman–Crippen MR) is 76.4 cm³/mol. The van der Waals surface area contributed by atoms with Crippen LogP contribution in [0.15, 0.2) is 0 Å². The summed E-state index contributed by atoms with van der Waals surface area (Å²) >= 11 is 0. The van der Waals surface area contributed by atoms with Crippen molar-refractivity contribution in [2.45, 2.75) is 69.9 Å². The summed E-state index contributed by atoms with van der Waals surface area (Å²) in [7, 11) is 0. The third-order valence-electron chi connectivity index (χ3n) is 4.49. The largest absolute Gasteiger partial charge is 0.394 e. The van der Waals surface area contributed by atoms with Crippen molar-refractivity contribution >= 4 is 0 Å². The molecule has 2 saturated heterocycles. The molecule has 2 rings (SSSR count). The standard InChI is InChI=1S/C15H29NO4/c1-13(2)10-15(19-6-5-7-20-15)11-14(3,4)16(13)8-12(18)9-17/h12,17-18H,5-11H2,1-4H3. The summed E-state index contributed by atoms with van der Waals surface area (Å²) in [5, 5.41) is 18.9. The van der Waals surface area contributed by atoms with Crippen LogP contribution < -0.4 is 0 Å². The van der Waals surface area contributed by atoms with Crippen LogP contribution in [0, 0.1) is 0 Å². The highest BCUT2D eigenvalue weighted by Crippen LogP contribution is 2.46. The van der Waals surface area contributed by atoms with Gasteiger partial charge in [-0.05, 0) is 34.1 Å². The third-order valence-corrected chi connectivity index (χ3v) is 4.49. The van der Waals surface area contributed by atoms with Gasteiger partial charge in [0.05, 0.1) is 25.9 Å². The number of piperidine rings is 1. The zero-order chi connectivity index (χ0) is 15.0. The molecule has 2 N–H and O–H groups in total. The second kappa shape index (κ2) is 5.54. The van der Waals surface area contributed by atoms with Crippen molar-refractivity contribution in [2.75, 3.05) is 26.4 Å². The Hall–Kier alpha value is -0.200. The monoisotopic (exact) mass is 287 g/mol. The van der Waals surface area contributed by atoms with Crippen molar-refractivity contribution in [3.05, 3.63) is 0 Å². The van der Waals surface area contributed by atoms with E-state index in [1.54, 1.807) is 0 Å². The van der Waals surface area contributed by atoms with Gasteiger partial charge in [-0.3, -0.25) is 4.90 Å². The molecule has 0 amide bonds. The minimum absolute atomic E-state index is 0.157. The Bertz CT molecular complexity index is 317. The summed E-state index contributed by atoms with van der Waals surface area (Å²) in [5.74, 6) is -0.494. The van der Waals surface area contributed by atoms with E-state index in [1.807, 2.05) is 0 Å². The molecule has 0 aromatic carbocycles. The van der Waals surface area contributed by atoms with Gasteiger partial charge in [-0.1, -0.05) is 0 Å². The van der Waals surface area contributed by atoms with Crippen molar-refractivity contribution in [3.63, 3.8) is 0 Å². The molecular weight excluding hydrogens is 258 g/mol. The maximum atomic E-state index is 9.82. The normalized spacial score (nSPS) is 30.3. The fourth-order valence-electron chi connectivity index (χ4n) is 3.97. The molecule has 1 spiro atoms. The molecule has 0 aliphatic carbocycles. The number of hydrogen-bond acceptors (Lipinski definition) is 5. The first kappa shape index (κ1) is 16.2. The number of β-amino-alcohol motifs (C(OH)–C–C–N with tert-alkyl or cyclic N) is 1. The van der Waals surface area contributed by atoms with Gasteiger partial charge in [-0.25, -0.2) is 0 Å². The minimum Gasteiger partial charge on any atom is -0.394 e. The quantitative estimate of drug-likeness (QED) is 0.814. The van der Waals surface area contributed by atoms with Gasteiger partial charge in [-0.15, -0.1) is 0 Å². The van der Waals surface area contributed by atoms with E-state index in [1.165, 1.54) is 0 Å². The first-order chi connectivity index (χ1) is 9.21. The molecule has 5 heteroatoms. The van der Waals surface area contributed by atoms with Crippen LogP contribution in [0.2, 0.25) is 0 Å². The summed E-state index contributed by atoms with van der Waals surface area (Å²) in [6, 6.07) is 0. The number of aliphatic hydroxyl groups excluding tert-OH is 2. The smallest absolute Gasteiger partial charge is 0.171 e. The average molecular weight is 287 g/mol. The van der Waals surface area contributed by atoms with E-state index >= 15 is 0 Å². The van der Waals surface area contributed by atoms with Crippen molar-refractivity contribution in [3.8, 4) is 0 Å². The maximum Gasteiger partial charge on any atom is 0.171 e. The van der Waals surface area contributed by atoms with Gasteiger partial charge in [0.25, 0.3) is 0 Å². The van der Waals surface area contributed by atoms with Crippen molar-refractivity contribution < 1.29 is 19.7 Å². The molecule has 0 aromatic heterocycles. The zero-order valence-corrected chi connectivity index (χ0v) is 13.2. The third kappa shape index (κ3) is 3.17. The highest BCUT2D eigenvalue weighted by molar-refractivity contribution is 5.04. The van der Waals surface area contributed by atoms with Crippen LogP contribution >= 0.6 is 0 Å². The molecule has 2 fully saturated rings. The molecule has 20 heavy (non-hydrogen) atoms. The van der Waals surface area contributed by atoms with Gasteiger partial charge in [0, 0.05) is 30.5 Å². The second-order valence-corrected chi connectivity index (χ2v) is 7.39. The van der Waals surface area contributed by atoms with E-state index in [0.29, 0.717) is 6.54 Å². The Labute approximate surface area is 121 Å². The van der Waals surface area contributed by atoms with Gasteiger partial charge in [0.1, 0.15) is 0 Å². The molecule has 0 aromatic rings. The molecule has 2 heterocycles. The molecule has 5 nitrogen and oxygen atoms in total. The van der Waals surface area contributed by atoms with E-state index in [9.17, 15) is 5.11 Å². The number of aliphatic hydroxyl groups is 2. The minimum atomic E-state index is -0.712. The lowest BCUT2D eigenvalue weighted by Gasteiger charge is -2.59. The maximum absolute atomic E-state index is 9.82. The molecule has 0 radical (unpaired) electrons. The summed E-state index contributed by atoms with van der Waals surface area (Å²) < 4.78 is 12.0. The lowest BCUT2D eigenvalue weighted by Crippen LogP contribution is -2.68. The molecule has 2 aliphatic heterocycles. The van der Waals surface area contributed by atoms with Crippen LogP contribution in [0.1, 0.15) is 47.0 Å². The number of ether oxygens (including phenoxy) is 2. The number of rotatable bonds is 3. The van der Waals surface area contributed by atoms with E-state index < -0.39 is 11.9 Å². The molecule has 0 bridgehead atoms. The van der Waals surface area contributed by atoms with Crippen LogP contribution in [-0.4, -0.2) is 64.4 Å². The number of hydrogen-bond donors (Lipinski definition) is 2. The summed E-state index contributed by atoms with van der Waals surface area (Å²) in [4.78, 5) is 2.27. The SMILES string of the molecule is CC1(C)CC2(CC(C)(C)N1CC(O)CO)OCCCO2. The van der Waals surface area contributed by atoms with Crippen molar-refractivity contribution in [1.29, 1.82) is 0 Å². The fraction of sp³-hybridized carbons (Fsp3) is 1.00. The second-order valence-electron chi connectivity index (χ2n) is 7.39. The molecule has 1 atom stereocenters. The van der Waals surface area contributed by atoms with E-state index in [2.05, 4.69) is 32.6 Å². The van der Waals surface area contributed by atoms with Gasteiger partial charge in [0.2, 0.25) is 0 Å². The zero-order valence-electron chi connectivity index (χ0n) is 13.2. The Morgan fingerprint density at radius 2 is 1.55 bits per heavy atom. The van der Waals surface area contributed by atoms with Gasteiger partial charge < -0.3 is 19.7 Å². The fourth-order valence-corrected chi connectivity index (χ4v) is 3.97. The average Bonchev–Trinajstić information content (AvgIpc) is 2.33. The van der Waals surface area contributed by atoms with Crippen LogP contribution in [0.4, 0.5) is 0 Å². The first-order valence-corrected chi connectivity index (χ1v) is 7.55. The van der Waals surface area contributed by atoms with Crippen LogP contribution in [-0.2, 0) is 9.47 Å². The Morgan fingerprint density at radius 1 is 1.05 bits per heavy atom. The summed E-state index contributed by atoms with van der Waals surface area (Å²) in [6.45, 7) is 10.4. The van der Waals surface area contributed by atoms with Gasteiger partial charge in [0.15, 0.2) is 5.79 Å². The molecule has 118 valence electrons. The highest BCUT2D eigenvalue weighted by Gasteiger charge is 2.54. The van der Waals surface area contributed by atoms with E-state index in [0.717, 1.165) is 32.5 Å². The lowest BCUT2D eigenvalue weighted by atomic mass is 9.75. The molecule has 1 unspecified atom stereocenters. The highest BCUT2D eigenvalue weighted by atomic mass is 16.7. The van der Waals surface area contributed by atoms with Crippen molar-refractivity contribution in [1.82, 2.24) is 4.90 Å². The topological polar surface area (TPSA) is 62.2 Å². The van der Waals surface area contributed by atoms with Crippen LogP contribution in [0.3, 0.4) is 0 Å². The Balaban J connectivity index is 2.20. The van der Waals surface area contributed by atoms with Gasteiger partial charge in [-0.2, -0.15) is 0 Å². The number of nitrogens with zero attached hydrogens (tertiary/aromatic N) is 1. The van der Waals surface area contributed by atoms with Gasteiger partial charge >= 0.3 is 0 Å². The predicted octanol–water partition coefficient (Wildman–Crippen LogP) is 1.13. The number of likely N-dealkylation sites (tertiary alicyclic amines) is 1. The van der Waals surface area contributed by atoms with Crippen LogP contribution in [0.25, 0.3) is 0 Å². The van der Waals surface area contributed by atoms with Crippen molar-refractivity contribution in [2.24, 2.45) is 0 Å². The van der Waals surface area contributed by atoms with Crippen LogP contribution in [0.5, 0.6) is 0 Å². The van der Waals surface area contributed by atoms with E-state index in [4.69, 9.17) is 14.6 Å². The first-order valence-electron chi connectivity index (χ1n) is 7.55. The Morgan fingerprint density at radius 3 is 2.00 bits per heavy atom. The summed E-state index contributed by atoms with van der Waals surface area (Å²) in [6.07, 6.45) is 1.80.